The van der Waals surface area contributed by atoms with Crippen LogP contribution in [0.25, 0.3) is 11.3 Å². The smallest absolute Gasteiger partial charge is 0.335 e. The monoisotopic (exact) mass is 410 g/mol. The molecule has 0 atom stereocenters. The maximum Gasteiger partial charge on any atom is 0.335 e. The summed E-state index contributed by atoms with van der Waals surface area (Å²) in [5, 5.41) is 12.6. The van der Waals surface area contributed by atoms with E-state index in [1.807, 2.05) is 6.92 Å². The highest BCUT2D eigenvalue weighted by molar-refractivity contribution is 8.13. The molecule has 0 saturated carbocycles. The second-order valence-corrected chi connectivity index (χ2v) is 7.02. The Kier molecular flexibility index (Phi) is 6.36. The summed E-state index contributed by atoms with van der Waals surface area (Å²) in [5.74, 6) is 0.778. The zero-order valence-electron chi connectivity index (χ0n) is 15.7. The number of hydrogen-bond donors (Lipinski definition) is 2. The molecule has 3 rings (SSSR count). The topological polar surface area (TPSA) is 101 Å². The summed E-state index contributed by atoms with van der Waals surface area (Å²) in [6.07, 6.45) is 1.40. The molecular formula is C21H18N2O5S. The molecule has 3 aromatic rings. The molecule has 0 aliphatic rings. The van der Waals surface area contributed by atoms with E-state index in [9.17, 15) is 9.59 Å². The van der Waals surface area contributed by atoms with Crippen LogP contribution in [0.3, 0.4) is 0 Å². The molecule has 0 aliphatic heterocycles. The number of ether oxygens (including phenoxy) is 1. The number of aryl methyl sites for hydroxylation is 1. The number of furan rings is 1. The largest absolute Gasteiger partial charge is 0.497 e. The lowest BCUT2D eigenvalue weighted by Crippen LogP contribution is -2.10. The number of carbonyl (C=O) groups is 2. The quantitative estimate of drug-likeness (QED) is 0.344. The van der Waals surface area contributed by atoms with Crippen molar-refractivity contribution in [2.45, 2.75) is 11.8 Å². The van der Waals surface area contributed by atoms with Gasteiger partial charge < -0.3 is 14.3 Å². The zero-order valence-corrected chi connectivity index (χ0v) is 16.5. The third-order valence-corrected chi connectivity index (χ3v) is 4.77. The summed E-state index contributed by atoms with van der Waals surface area (Å²) < 4.78 is 10.8. The third-order valence-electron chi connectivity index (χ3n) is 3.98. The molecule has 7 nitrogen and oxygen atoms in total. The number of hydrogen-bond acceptors (Lipinski definition) is 6. The molecule has 148 valence electrons. The first-order valence-corrected chi connectivity index (χ1v) is 9.37. The van der Waals surface area contributed by atoms with Crippen LogP contribution in [0, 0.1) is 6.92 Å². The Balaban J connectivity index is 1.60. The molecule has 1 amide bonds. The average molecular weight is 410 g/mol. The summed E-state index contributed by atoms with van der Waals surface area (Å²) in [7, 11) is 1.58. The molecule has 2 N–H and O–H groups in total. The minimum Gasteiger partial charge on any atom is -0.497 e. The molecule has 1 heterocycles. The molecule has 0 unspecified atom stereocenters. The van der Waals surface area contributed by atoms with E-state index in [1.165, 1.54) is 12.3 Å². The predicted molar refractivity (Wildman–Crippen MR) is 111 cm³/mol. The molecule has 0 bridgehead atoms. The molecule has 0 radical (unpaired) electrons. The number of benzene rings is 2. The Hall–Kier alpha value is -3.52. The number of carboxylic acids is 1. The van der Waals surface area contributed by atoms with Crippen molar-refractivity contribution in [3.63, 3.8) is 0 Å². The number of carboxylic acid groups (broad SMARTS) is 1. The normalized spacial score (nSPS) is 10.8. The lowest BCUT2D eigenvalue weighted by atomic mass is 10.0. The van der Waals surface area contributed by atoms with E-state index in [2.05, 4.69) is 10.5 Å². The third kappa shape index (κ3) is 5.26. The highest BCUT2D eigenvalue weighted by Crippen LogP contribution is 2.26. The van der Waals surface area contributed by atoms with Crippen LogP contribution < -0.4 is 10.2 Å². The predicted octanol–water partition coefficient (Wildman–Crippen LogP) is 4.80. The van der Waals surface area contributed by atoms with E-state index >= 15 is 0 Å². The molecule has 1 aromatic heterocycles. The summed E-state index contributed by atoms with van der Waals surface area (Å²) in [6, 6.07) is 15.4. The first kappa shape index (κ1) is 20.2. The van der Waals surface area contributed by atoms with E-state index in [4.69, 9.17) is 14.3 Å². The van der Waals surface area contributed by atoms with E-state index in [0.717, 1.165) is 27.8 Å². The fourth-order valence-corrected chi connectivity index (χ4v) is 3.15. The van der Waals surface area contributed by atoms with Crippen molar-refractivity contribution in [1.82, 2.24) is 5.43 Å². The van der Waals surface area contributed by atoms with Crippen LogP contribution in [0.4, 0.5) is 4.79 Å². The van der Waals surface area contributed by atoms with Crippen LogP contribution in [-0.2, 0) is 0 Å². The lowest BCUT2D eigenvalue weighted by Gasteiger charge is -2.04. The summed E-state index contributed by atoms with van der Waals surface area (Å²) in [6.45, 7) is 1.81. The Morgan fingerprint density at radius 2 is 1.90 bits per heavy atom. The molecular weight excluding hydrogens is 392 g/mol. The Morgan fingerprint density at radius 3 is 2.55 bits per heavy atom. The van der Waals surface area contributed by atoms with Crippen LogP contribution >= 0.6 is 11.8 Å². The van der Waals surface area contributed by atoms with Crippen LogP contribution in [0.1, 0.15) is 21.7 Å². The van der Waals surface area contributed by atoms with Crippen LogP contribution in [-0.4, -0.2) is 29.6 Å². The number of amides is 1. The molecule has 0 saturated heterocycles. The van der Waals surface area contributed by atoms with Crippen molar-refractivity contribution >= 4 is 29.2 Å². The van der Waals surface area contributed by atoms with E-state index in [0.29, 0.717) is 17.3 Å². The van der Waals surface area contributed by atoms with Crippen molar-refractivity contribution in [2.24, 2.45) is 5.10 Å². The van der Waals surface area contributed by atoms with Gasteiger partial charge in [0.2, 0.25) is 0 Å². The van der Waals surface area contributed by atoms with Crippen molar-refractivity contribution in [2.75, 3.05) is 7.11 Å². The number of thioether (sulfide) groups is 1. The second-order valence-electron chi connectivity index (χ2n) is 5.97. The molecule has 0 fully saturated rings. The number of carbonyl (C=O) groups excluding carboxylic acids is 1. The van der Waals surface area contributed by atoms with Gasteiger partial charge in [0.15, 0.2) is 0 Å². The summed E-state index contributed by atoms with van der Waals surface area (Å²) >= 11 is 1.01. The maximum absolute atomic E-state index is 11.9. The minimum atomic E-state index is -0.977. The Labute approximate surface area is 171 Å². The van der Waals surface area contributed by atoms with Gasteiger partial charge in [0.25, 0.3) is 0 Å². The fraction of sp³-hybridized carbons (Fsp3) is 0.0952. The van der Waals surface area contributed by atoms with Crippen molar-refractivity contribution in [3.05, 3.63) is 71.5 Å². The number of nitrogens with zero attached hydrogens (tertiary/aromatic N) is 1. The summed E-state index contributed by atoms with van der Waals surface area (Å²) in [4.78, 5) is 23.7. The lowest BCUT2D eigenvalue weighted by molar-refractivity contribution is 0.0696. The van der Waals surface area contributed by atoms with Gasteiger partial charge in [-0.25, -0.2) is 10.2 Å². The number of nitrogens with one attached hydrogen (secondary N) is 1. The second kappa shape index (κ2) is 9.11. The number of methoxy groups -OCH3 is 1. The Bertz CT molecular complexity index is 1060. The van der Waals surface area contributed by atoms with Gasteiger partial charge >= 0.3 is 11.2 Å². The highest BCUT2D eigenvalue weighted by atomic mass is 32.2. The number of rotatable bonds is 6. The fourth-order valence-electron chi connectivity index (χ4n) is 2.56. The van der Waals surface area contributed by atoms with E-state index in [1.54, 1.807) is 55.6 Å². The van der Waals surface area contributed by atoms with Gasteiger partial charge in [0.1, 0.15) is 17.3 Å². The van der Waals surface area contributed by atoms with Gasteiger partial charge in [-0.3, -0.25) is 4.79 Å². The Morgan fingerprint density at radius 1 is 1.14 bits per heavy atom. The van der Waals surface area contributed by atoms with Crippen molar-refractivity contribution in [3.8, 4) is 17.1 Å². The van der Waals surface area contributed by atoms with Crippen LogP contribution in [0.2, 0.25) is 0 Å². The van der Waals surface area contributed by atoms with Gasteiger partial charge in [-0.05, 0) is 72.8 Å². The number of aromatic carboxylic acids is 1. The zero-order chi connectivity index (χ0) is 20.8. The van der Waals surface area contributed by atoms with Crippen LogP contribution in [0.15, 0.2) is 69.0 Å². The summed E-state index contributed by atoms with van der Waals surface area (Å²) in [5.41, 5.74) is 4.21. The standard InChI is InChI=1S/C21H18N2O5S/c1-13-11-14(20(24)25)3-9-18(13)19-10-6-16(28-19)12-22-23-21(26)29-17-7-4-15(27-2)5-8-17/h3-12H,1-2H3,(H,23,26)(H,24,25)/b22-12-. The molecule has 8 heteroatoms. The molecule has 2 aromatic carbocycles. The van der Waals surface area contributed by atoms with Crippen molar-refractivity contribution in [1.29, 1.82) is 0 Å². The van der Waals surface area contributed by atoms with E-state index in [-0.39, 0.29) is 10.8 Å². The molecule has 0 spiro atoms. The van der Waals surface area contributed by atoms with Crippen molar-refractivity contribution < 1.29 is 23.8 Å². The molecule has 0 aliphatic carbocycles. The first-order valence-electron chi connectivity index (χ1n) is 8.55. The minimum absolute atomic E-state index is 0.219. The van der Waals surface area contributed by atoms with Gasteiger partial charge in [-0.1, -0.05) is 6.07 Å². The van der Waals surface area contributed by atoms with Gasteiger partial charge in [-0.15, -0.1) is 0 Å². The van der Waals surface area contributed by atoms with Gasteiger partial charge in [0.05, 0.1) is 18.9 Å². The average Bonchev–Trinajstić information content (AvgIpc) is 3.17. The SMILES string of the molecule is COc1ccc(SC(=O)N/N=C\c2ccc(-c3ccc(C(=O)O)cc3C)o2)cc1. The van der Waals surface area contributed by atoms with Gasteiger partial charge in [0, 0.05) is 10.5 Å². The van der Waals surface area contributed by atoms with E-state index < -0.39 is 5.97 Å². The number of hydrazone groups is 1. The molecule has 29 heavy (non-hydrogen) atoms. The van der Waals surface area contributed by atoms with Crippen LogP contribution in [0.5, 0.6) is 5.75 Å². The maximum atomic E-state index is 11.9. The first-order chi connectivity index (χ1) is 14.0. The van der Waals surface area contributed by atoms with Gasteiger partial charge in [-0.2, -0.15) is 5.10 Å². The highest BCUT2D eigenvalue weighted by Gasteiger charge is 2.10.